The van der Waals surface area contributed by atoms with Crippen LogP contribution in [-0.2, 0) is 4.79 Å². The van der Waals surface area contributed by atoms with Gasteiger partial charge < -0.3 is 14.7 Å². The first kappa shape index (κ1) is 20.0. The third-order valence-corrected chi connectivity index (χ3v) is 5.84. The quantitative estimate of drug-likeness (QED) is 0.822. The van der Waals surface area contributed by atoms with Crippen molar-refractivity contribution in [1.82, 2.24) is 0 Å². The molecule has 7 heteroatoms. The number of rotatable bonds is 5. The molecule has 2 aliphatic rings. The highest BCUT2D eigenvalue weighted by Crippen LogP contribution is 2.49. The first-order valence-corrected chi connectivity index (χ1v) is 9.54. The molecule has 1 N–H and O–H groups in total. The molecule has 1 aromatic carbocycles. The van der Waals surface area contributed by atoms with Crippen LogP contribution in [0.4, 0.5) is 18.9 Å². The van der Waals surface area contributed by atoms with Gasteiger partial charge in [0, 0.05) is 12.2 Å². The Balaban J connectivity index is 1.68. The lowest BCUT2D eigenvalue weighted by atomic mass is 9.66. The predicted molar refractivity (Wildman–Crippen MR) is 95.7 cm³/mol. The number of carbonyl (C=O) groups excluding carboxylic acids is 1. The zero-order chi connectivity index (χ0) is 19.7. The molecule has 1 saturated heterocycles. The molecule has 3 atom stereocenters. The molecular weight excluding hydrogens is 359 g/mol. The molecule has 3 rings (SSSR count). The number of aliphatic hydroxyl groups is 1. The number of amides is 1. The van der Waals surface area contributed by atoms with Crippen molar-refractivity contribution < 1.29 is 27.8 Å². The van der Waals surface area contributed by atoms with Gasteiger partial charge in [-0.1, -0.05) is 13.3 Å². The number of halogens is 3. The van der Waals surface area contributed by atoms with Gasteiger partial charge in [0.1, 0.15) is 5.75 Å². The van der Waals surface area contributed by atoms with Gasteiger partial charge in [0.15, 0.2) is 6.61 Å². The maximum Gasteiger partial charge on any atom is 0.422 e. The largest absolute Gasteiger partial charge is 0.484 e. The van der Waals surface area contributed by atoms with Gasteiger partial charge in [0.2, 0.25) is 5.91 Å². The number of carbonyl (C=O) groups is 1. The molecular formula is C20H26F3NO3. The van der Waals surface area contributed by atoms with Crippen molar-refractivity contribution in [2.24, 2.45) is 11.3 Å². The minimum atomic E-state index is -4.38. The summed E-state index contributed by atoms with van der Waals surface area (Å²) in [4.78, 5) is 14.9. The van der Waals surface area contributed by atoms with E-state index in [1.807, 2.05) is 0 Å². The van der Waals surface area contributed by atoms with Crippen LogP contribution in [0.1, 0.15) is 45.4 Å². The molecule has 2 fully saturated rings. The zero-order valence-electron chi connectivity index (χ0n) is 15.5. The summed E-state index contributed by atoms with van der Waals surface area (Å²) in [5, 5.41) is 10.2. The smallest absolute Gasteiger partial charge is 0.422 e. The lowest BCUT2D eigenvalue weighted by molar-refractivity contribution is -0.153. The molecule has 1 aliphatic heterocycles. The van der Waals surface area contributed by atoms with Crippen molar-refractivity contribution in [1.29, 1.82) is 0 Å². The Labute approximate surface area is 157 Å². The van der Waals surface area contributed by atoms with Crippen LogP contribution in [0.25, 0.3) is 0 Å². The van der Waals surface area contributed by atoms with E-state index >= 15 is 0 Å². The summed E-state index contributed by atoms with van der Waals surface area (Å²) >= 11 is 0. The van der Waals surface area contributed by atoms with E-state index in [1.54, 1.807) is 17.0 Å². The Morgan fingerprint density at radius 3 is 2.59 bits per heavy atom. The Bertz CT molecular complexity index is 661. The average molecular weight is 385 g/mol. The van der Waals surface area contributed by atoms with Crippen LogP contribution in [0.2, 0.25) is 0 Å². The molecule has 0 unspecified atom stereocenters. The van der Waals surface area contributed by atoms with Gasteiger partial charge in [0.25, 0.3) is 0 Å². The SMILES string of the molecule is CCC[C@H]1C[C@@]2(CC[C@@H]1O)CCN(c1ccc(OCC(F)(F)F)cc1)C2=O. The van der Waals surface area contributed by atoms with Gasteiger partial charge in [-0.05, 0) is 62.3 Å². The van der Waals surface area contributed by atoms with E-state index in [1.165, 1.54) is 12.1 Å². The van der Waals surface area contributed by atoms with Crippen molar-refractivity contribution in [2.75, 3.05) is 18.1 Å². The summed E-state index contributed by atoms with van der Waals surface area (Å²) in [6.07, 6.45) is -0.00439. The molecule has 1 spiro atoms. The minimum Gasteiger partial charge on any atom is -0.484 e. The van der Waals surface area contributed by atoms with Crippen LogP contribution < -0.4 is 9.64 Å². The lowest BCUT2D eigenvalue weighted by Gasteiger charge is -2.39. The maximum atomic E-state index is 13.1. The van der Waals surface area contributed by atoms with Gasteiger partial charge in [-0.2, -0.15) is 13.2 Å². The van der Waals surface area contributed by atoms with Crippen LogP contribution >= 0.6 is 0 Å². The predicted octanol–water partition coefficient (Wildman–Crippen LogP) is 4.31. The summed E-state index contributed by atoms with van der Waals surface area (Å²) in [5.41, 5.74) is 0.263. The molecule has 27 heavy (non-hydrogen) atoms. The van der Waals surface area contributed by atoms with Gasteiger partial charge in [-0.25, -0.2) is 0 Å². The molecule has 1 heterocycles. The monoisotopic (exact) mass is 385 g/mol. The van der Waals surface area contributed by atoms with Gasteiger partial charge in [-0.15, -0.1) is 0 Å². The fourth-order valence-corrected chi connectivity index (χ4v) is 4.44. The number of ether oxygens (including phenoxy) is 1. The Hall–Kier alpha value is -1.76. The van der Waals surface area contributed by atoms with Crippen LogP contribution in [0.3, 0.4) is 0 Å². The molecule has 0 bridgehead atoms. The molecule has 0 radical (unpaired) electrons. The van der Waals surface area contributed by atoms with Crippen molar-refractivity contribution >= 4 is 11.6 Å². The van der Waals surface area contributed by atoms with E-state index in [9.17, 15) is 23.1 Å². The van der Waals surface area contributed by atoms with E-state index in [0.29, 0.717) is 31.5 Å². The second kappa shape index (κ2) is 7.70. The molecule has 1 amide bonds. The van der Waals surface area contributed by atoms with Gasteiger partial charge >= 0.3 is 6.18 Å². The number of benzene rings is 1. The second-order valence-corrected chi connectivity index (χ2v) is 7.74. The van der Waals surface area contributed by atoms with Crippen molar-refractivity contribution in [3.63, 3.8) is 0 Å². The highest BCUT2D eigenvalue weighted by atomic mass is 19.4. The summed E-state index contributed by atoms with van der Waals surface area (Å²) in [7, 11) is 0. The molecule has 1 saturated carbocycles. The Morgan fingerprint density at radius 1 is 1.26 bits per heavy atom. The third kappa shape index (κ3) is 4.39. The third-order valence-electron chi connectivity index (χ3n) is 5.84. The minimum absolute atomic E-state index is 0.0689. The van der Waals surface area contributed by atoms with Crippen LogP contribution in [0.15, 0.2) is 24.3 Å². The molecule has 4 nitrogen and oxygen atoms in total. The first-order chi connectivity index (χ1) is 12.7. The van der Waals surface area contributed by atoms with Crippen molar-refractivity contribution in [3.8, 4) is 5.75 Å². The highest BCUT2D eigenvalue weighted by Gasteiger charge is 2.51. The van der Waals surface area contributed by atoms with Crippen molar-refractivity contribution in [3.05, 3.63) is 24.3 Å². The van der Waals surface area contributed by atoms with E-state index in [0.717, 1.165) is 19.3 Å². The number of hydrogen-bond donors (Lipinski definition) is 1. The number of nitrogens with zero attached hydrogens (tertiary/aromatic N) is 1. The summed E-state index contributed by atoms with van der Waals surface area (Å²) in [5.74, 6) is 0.353. The second-order valence-electron chi connectivity index (χ2n) is 7.74. The van der Waals surface area contributed by atoms with Gasteiger partial charge in [0.05, 0.1) is 11.5 Å². The van der Waals surface area contributed by atoms with Crippen LogP contribution in [0, 0.1) is 11.3 Å². The van der Waals surface area contributed by atoms with Crippen molar-refractivity contribution in [2.45, 2.75) is 57.7 Å². The van der Waals surface area contributed by atoms with E-state index in [-0.39, 0.29) is 23.7 Å². The van der Waals surface area contributed by atoms with Crippen LogP contribution in [-0.4, -0.2) is 36.4 Å². The van der Waals surface area contributed by atoms with E-state index in [2.05, 4.69) is 6.92 Å². The standard InChI is InChI=1S/C20H26F3NO3/c1-2-3-14-12-19(9-8-17(14)25)10-11-24(18(19)26)15-4-6-16(7-5-15)27-13-20(21,22)23/h4-7,14,17,25H,2-3,8-13H2,1H3/t14-,17-,19+/m0/s1. The fraction of sp³-hybridized carbons (Fsp3) is 0.650. The number of aliphatic hydroxyl groups excluding tert-OH is 1. The van der Waals surface area contributed by atoms with E-state index < -0.39 is 18.2 Å². The van der Waals surface area contributed by atoms with E-state index in [4.69, 9.17) is 4.74 Å². The van der Waals surface area contributed by atoms with Gasteiger partial charge in [-0.3, -0.25) is 4.79 Å². The molecule has 0 aromatic heterocycles. The number of hydrogen-bond acceptors (Lipinski definition) is 3. The average Bonchev–Trinajstić information content (AvgIpc) is 2.93. The number of alkyl halides is 3. The maximum absolute atomic E-state index is 13.1. The molecule has 150 valence electrons. The van der Waals surface area contributed by atoms with Crippen LogP contribution in [0.5, 0.6) is 5.75 Å². The number of anilines is 1. The zero-order valence-corrected chi connectivity index (χ0v) is 15.5. The summed E-state index contributed by atoms with van der Waals surface area (Å²) in [6.45, 7) is 1.34. The molecule has 1 aliphatic carbocycles. The fourth-order valence-electron chi connectivity index (χ4n) is 4.44. The lowest BCUT2D eigenvalue weighted by Crippen LogP contribution is -2.42. The molecule has 1 aromatic rings. The Kier molecular flexibility index (Phi) is 5.70. The summed E-state index contributed by atoms with van der Waals surface area (Å²) < 4.78 is 41.4. The first-order valence-electron chi connectivity index (χ1n) is 9.54. The normalized spacial score (nSPS) is 28.8. The Morgan fingerprint density at radius 2 is 1.96 bits per heavy atom. The topological polar surface area (TPSA) is 49.8 Å². The highest BCUT2D eigenvalue weighted by molar-refractivity contribution is 6.00. The summed E-state index contributed by atoms with van der Waals surface area (Å²) in [6, 6.07) is 6.18.